The van der Waals surface area contributed by atoms with Gasteiger partial charge in [0.1, 0.15) is 5.75 Å². The normalized spacial score (nSPS) is 13.3. The molecule has 7 nitrogen and oxygen atoms in total. The fraction of sp³-hybridized carbons (Fsp3) is 0.333. The van der Waals surface area contributed by atoms with Crippen molar-refractivity contribution in [3.05, 3.63) is 65.7 Å². The number of amides is 1. The predicted molar refractivity (Wildman–Crippen MR) is 147 cm³/mol. The average Bonchev–Trinajstić information content (AvgIpc) is 3.24. The molecule has 192 valence electrons. The van der Waals surface area contributed by atoms with Gasteiger partial charge in [0.15, 0.2) is 18.1 Å². The number of benzene rings is 3. The van der Waals surface area contributed by atoms with Crippen molar-refractivity contribution in [3.8, 4) is 11.5 Å². The molecular weight excluding hydrogens is 466 g/mol. The number of Topliss-reactive ketones (excluding diaryl/α,β-unsaturated/α-hetero) is 1. The lowest BCUT2D eigenvalue weighted by Crippen LogP contribution is -2.38. The van der Waals surface area contributed by atoms with Crippen LogP contribution in [0.25, 0.3) is 21.8 Å². The number of ether oxygens (including phenoxy) is 2. The Hall–Kier alpha value is -3.84. The van der Waals surface area contributed by atoms with Crippen molar-refractivity contribution in [2.75, 3.05) is 38.3 Å². The van der Waals surface area contributed by atoms with Gasteiger partial charge in [0, 0.05) is 29.6 Å². The van der Waals surface area contributed by atoms with Crippen LogP contribution in [-0.2, 0) is 17.9 Å². The molecule has 37 heavy (non-hydrogen) atoms. The highest BCUT2D eigenvalue weighted by Crippen LogP contribution is 2.44. The number of rotatable bonds is 9. The Morgan fingerprint density at radius 1 is 1.03 bits per heavy atom. The maximum absolute atomic E-state index is 13.0. The molecule has 0 aliphatic carbocycles. The van der Waals surface area contributed by atoms with Gasteiger partial charge in [-0.2, -0.15) is 0 Å². The topological polar surface area (TPSA) is 64.0 Å². The minimum atomic E-state index is -0.0858. The second-order valence-corrected chi connectivity index (χ2v) is 9.39. The number of carbonyl (C=O) groups excluding carboxylic acids is 2. The van der Waals surface area contributed by atoms with Gasteiger partial charge in [0.25, 0.3) is 5.91 Å². The smallest absolute Gasteiger partial charge is 0.265 e. The summed E-state index contributed by atoms with van der Waals surface area (Å²) in [4.78, 5) is 29.4. The summed E-state index contributed by atoms with van der Waals surface area (Å²) in [7, 11) is 1.64. The number of aromatic nitrogens is 1. The summed E-state index contributed by atoms with van der Waals surface area (Å²) in [6.45, 7) is 10.0. The lowest BCUT2D eigenvalue weighted by molar-refractivity contribution is -0.121. The Labute approximate surface area is 217 Å². The van der Waals surface area contributed by atoms with Gasteiger partial charge in [-0.3, -0.25) is 9.59 Å². The lowest BCUT2D eigenvalue weighted by Gasteiger charge is -2.30. The summed E-state index contributed by atoms with van der Waals surface area (Å²) in [5, 5.41) is 1.92. The summed E-state index contributed by atoms with van der Waals surface area (Å²) in [6, 6.07) is 17.7. The molecule has 1 aliphatic heterocycles. The summed E-state index contributed by atoms with van der Waals surface area (Å²) >= 11 is 0. The zero-order valence-electron chi connectivity index (χ0n) is 21.9. The van der Waals surface area contributed by atoms with E-state index < -0.39 is 0 Å². The van der Waals surface area contributed by atoms with Crippen molar-refractivity contribution in [2.45, 2.75) is 33.9 Å². The van der Waals surface area contributed by atoms with E-state index in [4.69, 9.17) is 9.47 Å². The number of ketones is 1. The molecule has 1 aromatic heterocycles. The van der Waals surface area contributed by atoms with Gasteiger partial charge in [0.2, 0.25) is 0 Å². The van der Waals surface area contributed by atoms with Crippen LogP contribution in [0.3, 0.4) is 0 Å². The molecule has 0 spiro atoms. The van der Waals surface area contributed by atoms with Crippen LogP contribution in [0.1, 0.15) is 36.7 Å². The van der Waals surface area contributed by atoms with E-state index >= 15 is 0 Å². The molecule has 0 N–H and O–H groups in total. The Morgan fingerprint density at radius 2 is 1.76 bits per heavy atom. The molecule has 0 radical (unpaired) electrons. The summed E-state index contributed by atoms with van der Waals surface area (Å²) in [5.74, 6) is 1.40. The monoisotopic (exact) mass is 499 g/mol. The molecule has 1 aliphatic rings. The third-order valence-electron chi connectivity index (χ3n) is 7.33. The van der Waals surface area contributed by atoms with Crippen LogP contribution in [0.2, 0.25) is 0 Å². The molecule has 0 bridgehead atoms. The zero-order valence-corrected chi connectivity index (χ0v) is 21.9. The quantitative estimate of drug-likeness (QED) is 0.294. The molecular formula is C30H33N3O4. The number of fused-ring (bicyclic) bond motifs is 5. The van der Waals surface area contributed by atoms with Crippen LogP contribution in [0.15, 0.2) is 54.6 Å². The Balaban J connectivity index is 1.65. The van der Waals surface area contributed by atoms with Crippen molar-refractivity contribution in [2.24, 2.45) is 0 Å². The van der Waals surface area contributed by atoms with Gasteiger partial charge < -0.3 is 23.8 Å². The van der Waals surface area contributed by atoms with Crippen LogP contribution in [0.4, 0.5) is 5.69 Å². The molecule has 0 fully saturated rings. The molecule has 2 heterocycles. The summed E-state index contributed by atoms with van der Waals surface area (Å²) < 4.78 is 13.7. The largest absolute Gasteiger partial charge is 0.497 e. The second-order valence-electron chi connectivity index (χ2n) is 9.39. The molecule has 5 rings (SSSR count). The van der Waals surface area contributed by atoms with Crippen LogP contribution in [-0.4, -0.2) is 54.5 Å². The Morgan fingerprint density at radius 3 is 2.43 bits per heavy atom. The molecule has 7 heteroatoms. The highest BCUT2D eigenvalue weighted by Gasteiger charge is 2.29. The van der Waals surface area contributed by atoms with E-state index in [1.54, 1.807) is 18.9 Å². The highest BCUT2D eigenvalue weighted by molar-refractivity contribution is 6.16. The number of nitrogens with zero attached hydrogens (tertiary/aromatic N) is 3. The third-order valence-corrected chi connectivity index (χ3v) is 7.33. The maximum Gasteiger partial charge on any atom is 0.265 e. The van der Waals surface area contributed by atoms with E-state index in [0.717, 1.165) is 65.0 Å². The van der Waals surface area contributed by atoms with E-state index in [1.807, 2.05) is 48.5 Å². The first-order valence-electron chi connectivity index (χ1n) is 12.8. The number of likely N-dealkylation sites (N-methyl/N-ethyl adjacent to an activating group) is 1. The maximum atomic E-state index is 13.0. The molecule has 0 unspecified atom stereocenters. The van der Waals surface area contributed by atoms with E-state index in [0.29, 0.717) is 17.9 Å². The van der Waals surface area contributed by atoms with Gasteiger partial charge in [0.05, 0.1) is 30.2 Å². The van der Waals surface area contributed by atoms with Crippen LogP contribution < -0.4 is 14.4 Å². The van der Waals surface area contributed by atoms with Gasteiger partial charge in [-0.25, -0.2) is 0 Å². The molecule has 1 amide bonds. The summed E-state index contributed by atoms with van der Waals surface area (Å²) in [6.07, 6.45) is 0. The molecule has 0 saturated heterocycles. The van der Waals surface area contributed by atoms with Gasteiger partial charge in [-0.15, -0.1) is 0 Å². The van der Waals surface area contributed by atoms with Crippen molar-refractivity contribution in [1.29, 1.82) is 0 Å². The van der Waals surface area contributed by atoms with Gasteiger partial charge >= 0.3 is 0 Å². The fourth-order valence-corrected chi connectivity index (χ4v) is 5.18. The van der Waals surface area contributed by atoms with Crippen molar-refractivity contribution >= 4 is 39.2 Å². The third kappa shape index (κ3) is 4.55. The number of anilines is 1. The Bertz CT molecular complexity index is 1470. The standard InChI is InChI=1S/C30H33N3O4/c1-5-31(6-2)15-16-32-25-12-9-22(20(3)34)17-24(25)29-26(32)13-14-27-30(29)37-19-28(35)33(27)18-21-7-10-23(36-4)11-8-21/h7-14,17H,5-6,15-16,18-19H2,1-4H3. The minimum Gasteiger partial charge on any atom is -0.497 e. The fourth-order valence-electron chi connectivity index (χ4n) is 5.18. The highest BCUT2D eigenvalue weighted by atomic mass is 16.5. The minimum absolute atomic E-state index is 0.0213. The second kappa shape index (κ2) is 10.3. The summed E-state index contributed by atoms with van der Waals surface area (Å²) in [5.41, 5.74) is 4.51. The van der Waals surface area contributed by atoms with Crippen LogP contribution in [0.5, 0.6) is 11.5 Å². The molecule has 3 aromatic carbocycles. The van der Waals surface area contributed by atoms with Crippen molar-refractivity contribution in [1.82, 2.24) is 9.47 Å². The lowest BCUT2D eigenvalue weighted by atomic mass is 10.0. The molecule has 4 aromatic rings. The molecule has 0 saturated carbocycles. The van der Waals surface area contributed by atoms with Crippen molar-refractivity contribution in [3.63, 3.8) is 0 Å². The van der Waals surface area contributed by atoms with E-state index in [9.17, 15) is 9.59 Å². The average molecular weight is 500 g/mol. The molecule has 0 atom stereocenters. The first kappa shape index (κ1) is 24.8. The number of hydrogen-bond donors (Lipinski definition) is 0. The van der Waals surface area contributed by atoms with Crippen molar-refractivity contribution < 1.29 is 19.1 Å². The van der Waals surface area contributed by atoms with E-state index in [2.05, 4.69) is 29.4 Å². The van der Waals surface area contributed by atoms with E-state index in [-0.39, 0.29) is 18.3 Å². The number of methoxy groups -OCH3 is 1. The zero-order chi connectivity index (χ0) is 26.1. The van der Waals surface area contributed by atoms with Crippen LogP contribution >= 0.6 is 0 Å². The SMILES string of the molecule is CCN(CC)CCn1c2ccc(C(C)=O)cc2c2c3c(ccc21)N(Cc1ccc(OC)cc1)C(=O)CO3. The van der Waals surface area contributed by atoms with Gasteiger partial charge in [-0.05, 0) is 68.0 Å². The first-order chi connectivity index (χ1) is 17.9. The first-order valence-corrected chi connectivity index (χ1v) is 12.8. The predicted octanol–water partition coefficient (Wildman–Crippen LogP) is 5.27. The van der Waals surface area contributed by atoms with Gasteiger partial charge in [-0.1, -0.05) is 26.0 Å². The van der Waals surface area contributed by atoms with E-state index in [1.165, 1.54) is 0 Å². The Kier molecular flexibility index (Phi) is 6.89. The van der Waals surface area contributed by atoms with Crippen LogP contribution in [0, 0.1) is 0 Å². The number of hydrogen-bond acceptors (Lipinski definition) is 5. The number of carbonyl (C=O) groups is 2.